The van der Waals surface area contributed by atoms with Gasteiger partial charge in [-0.2, -0.15) is 9.67 Å². The number of aromatic nitrogens is 4. The van der Waals surface area contributed by atoms with E-state index in [9.17, 15) is 4.79 Å². The molecule has 1 atom stereocenters. The summed E-state index contributed by atoms with van der Waals surface area (Å²) in [6, 6.07) is 8.84. The smallest absolute Gasteiger partial charge is 0.280 e. The van der Waals surface area contributed by atoms with Crippen LogP contribution in [-0.2, 0) is 6.42 Å². The van der Waals surface area contributed by atoms with Crippen LogP contribution in [0.3, 0.4) is 0 Å². The number of nitrogens with zero attached hydrogens (tertiary/aromatic N) is 8. The van der Waals surface area contributed by atoms with Crippen molar-refractivity contribution in [3.8, 4) is 22.9 Å². The lowest BCUT2D eigenvalue weighted by Gasteiger charge is -2.34. The molecule has 194 valence electrons. The lowest BCUT2D eigenvalue weighted by molar-refractivity contribution is 0.0999. The van der Waals surface area contributed by atoms with Crippen molar-refractivity contribution in [3.05, 3.63) is 52.8 Å². The highest BCUT2D eigenvalue weighted by Crippen LogP contribution is 2.50. The van der Waals surface area contributed by atoms with Crippen LogP contribution < -0.4 is 14.2 Å². The fourth-order valence-electron chi connectivity index (χ4n) is 4.83. The molecule has 2 aliphatic heterocycles. The molecule has 0 spiro atoms. The Morgan fingerprint density at radius 1 is 1.16 bits per heavy atom. The third kappa shape index (κ3) is 4.33. The van der Waals surface area contributed by atoms with Crippen LogP contribution in [0.5, 0.6) is 17.2 Å². The number of ether oxygens (including phenoxy) is 3. The summed E-state index contributed by atoms with van der Waals surface area (Å²) >= 11 is 0. The molecule has 1 amide bonds. The maximum absolute atomic E-state index is 13.0. The number of guanidine groups is 1. The first-order valence-electron chi connectivity index (χ1n) is 11.9. The Hall–Kier alpha value is -4.19. The molecule has 0 N–H and O–H groups in total. The Morgan fingerprint density at radius 3 is 2.68 bits per heavy atom. The Morgan fingerprint density at radius 2 is 1.95 bits per heavy atom. The molecule has 2 aromatic carbocycles. The number of rotatable bonds is 4. The minimum atomic E-state index is -0.358. The third-order valence-electron chi connectivity index (χ3n) is 6.47. The van der Waals surface area contributed by atoms with Gasteiger partial charge in [-0.05, 0) is 53.7 Å². The van der Waals surface area contributed by atoms with Gasteiger partial charge in [0.05, 0.1) is 12.8 Å². The molecular weight excluding hydrogens is 476 g/mol. The zero-order valence-corrected chi connectivity index (χ0v) is 21.8. The summed E-state index contributed by atoms with van der Waals surface area (Å²) in [5, 5.41) is 12.7. The minimum Gasteiger partial charge on any atom is -0.492 e. The van der Waals surface area contributed by atoms with Gasteiger partial charge in [-0.1, -0.05) is 6.07 Å². The summed E-state index contributed by atoms with van der Waals surface area (Å²) < 4.78 is 18.8. The first-order chi connectivity index (χ1) is 17.8. The third-order valence-corrected chi connectivity index (χ3v) is 6.47. The molecule has 1 unspecified atom stereocenters. The Balaban J connectivity index is 1.57. The van der Waals surface area contributed by atoms with Gasteiger partial charge in [0, 0.05) is 45.9 Å². The number of tetrazole rings is 1. The minimum absolute atomic E-state index is 0.152. The number of aliphatic imine (C=N–C) groups is 1. The summed E-state index contributed by atoms with van der Waals surface area (Å²) in [7, 11) is 11.0. The first kappa shape index (κ1) is 24.5. The van der Waals surface area contributed by atoms with Crippen molar-refractivity contribution in [2.45, 2.75) is 12.5 Å². The van der Waals surface area contributed by atoms with E-state index in [1.165, 1.54) is 0 Å². The van der Waals surface area contributed by atoms with Gasteiger partial charge in [-0.3, -0.25) is 9.69 Å². The highest BCUT2D eigenvalue weighted by Gasteiger charge is 2.37. The van der Waals surface area contributed by atoms with Crippen molar-refractivity contribution in [2.24, 2.45) is 4.99 Å². The fraction of sp³-hybridized carbons (Fsp3) is 0.400. The predicted molar refractivity (Wildman–Crippen MR) is 136 cm³/mol. The summed E-state index contributed by atoms with van der Waals surface area (Å²) in [6.45, 7) is 0.942. The molecule has 0 fully saturated rings. The molecule has 0 aliphatic carbocycles. The van der Waals surface area contributed by atoms with Crippen LogP contribution in [0.25, 0.3) is 5.69 Å². The maximum Gasteiger partial charge on any atom is 0.280 e. The quantitative estimate of drug-likeness (QED) is 0.382. The van der Waals surface area contributed by atoms with E-state index in [4.69, 9.17) is 14.2 Å². The van der Waals surface area contributed by atoms with E-state index >= 15 is 0 Å². The van der Waals surface area contributed by atoms with Gasteiger partial charge in [0.1, 0.15) is 6.04 Å². The molecule has 37 heavy (non-hydrogen) atoms. The van der Waals surface area contributed by atoms with Gasteiger partial charge < -0.3 is 24.0 Å². The van der Waals surface area contributed by atoms with Crippen molar-refractivity contribution >= 4 is 11.9 Å². The van der Waals surface area contributed by atoms with Gasteiger partial charge in [0.25, 0.3) is 5.91 Å². The SMILES string of the molecule is COc1c2c(cc3c1C(c1nnnn1-c1cccc(C(=O)N=C(N(C)C)N(C)C)c1)N(C)CC3)OCO2. The van der Waals surface area contributed by atoms with E-state index in [0.29, 0.717) is 40.3 Å². The van der Waals surface area contributed by atoms with E-state index in [1.54, 1.807) is 39.8 Å². The Labute approximate surface area is 215 Å². The first-order valence-corrected chi connectivity index (χ1v) is 11.9. The summed E-state index contributed by atoms with van der Waals surface area (Å²) in [4.78, 5) is 23.1. The zero-order chi connectivity index (χ0) is 26.3. The van der Waals surface area contributed by atoms with E-state index in [0.717, 1.165) is 24.1 Å². The average molecular weight is 507 g/mol. The van der Waals surface area contributed by atoms with Crippen molar-refractivity contribution in [1.82, 2.24) is 34.9 Å². The molecule has 0 bridgehead atoms. The van der Waals surface area contributed by atoms with Crippen molar-refractivity contribution in [2.75, 3.05) is 55.7 Å². The van der Waals surface area contributed by atoms with Crippen LogP contribution in [0, 0.1) is 0 Å². The number of fused-ring (bicyclic) bond motifs is 2. The molecule has 0 saturated carbocycles. The number of methoxy groups -OCH3 is 1. The Kier molecular flexibility index (Phi) is 6.42. The largest absolute Gasteiger partial charge is 0.492 e. The predicted octanol–water partition coefficient (Wildman–Crippen LogP) is 1.60. The number of benzene rings is 2. The molecule has 0 radical (unpaired) electrons. The van der Waals surface area contributed by atoms with E-state index in [1.807, 2.05) is 47.4 Å². The van der Waals surface area contributed by atoms with Crippen molar-refractivity contribution in [3.63, 3.8) is 0 Å². The van der Waals surface area contributed by atoms with Gasteiger partial charge in [-0.15, -0.1) is 5.10 Å². The lowest BCUT2D eigenvalue weighted by Crippen LogP contribution is -2.36. The number of hydrogen-bond acceptors (Lipinski definition) is 8. The number of amides is 1. The van der Waals surface area contributed by atoms with E-state index < -0.39 is 0 Å². The number of carbonyl (C=O) groups excluding carboxylic acids is 1. The van der Waals surface area contributed by atoms with Gasteiger partial charge in [0.2, 0.25) is 18.5 Å². The summed E-state index contributed by atoms with van der Waals surface area (Å²) in [5.41, 5.74) is 3.11. The van der Waals surface area contributed by atoms with Crippen LogP contribution >= 0.6 is 0 Å². The van der Waals surface area contributed by atoms with Gasteiger partial charge in [0.15, 0.2) is 17.3 Å². The van der Waals surface area contributed by atoms with E-state index in [-0.39, 0.29) is 18.7 Å². The fourth-order valence-corrected chi connectivity index (χ4v) is 4.83. The van der Waals surface area contributed by atoms with Gasteiger partial charge in [-0.25, -0.2) is 0 Å². The molecule has 12 nitrogen and oxygen atoms in total. The van der Waals surface area contributed by atoms with Crippen LogP contribution in [-0.4, -0.2) is 102 Å². The molecule has 3 heterocycles. The van der Waals surface area contributed by atoms with Crippen LogP contribution in [0.15, 0.2) is 35.3 Å². The Bertz CT molecular complexity index is 1360. The van der Waals surface area contributed by atoms with Gasteiger partial charge >= 0.3 is 0 Å². The number of likely N-dealkylation sites (N-methyl/N-ethyl adjacent to an activating group) is 1. The molecule has 5 rings (SSSR count). The normalized spacial score (nSPS) is 16.2. The van der Waals surface area contributed by atoms with Crippen molar-refractivity contribution < 1.29 is 19.0 Å². The second-order valence-corrected chi connectivity index (χ2v) is 9.35. The number of carbonyl (C=O) groups is 1. The number of hydrogen-bond donors (Lipinski definition) is 0. The van der Waals surface area contributed by atoms with Crippen LogP contribution in [0.1, 0.15) is 33.4 Å². The van der Waals surface area contributed by atoms with Crippen LogP contribution in [0.4, 0.5) is 0 Å². The summed E-state index contributed by atoms with van der Waals surface area (Å²) in [6.07, 6.45) is 0.818. The van der Waals surface area contributed by atoms with E-state index in [2.05, 4.69) is 25.4 Å². The van der Waals surface area contributed by atoms with Crippen LogP contribution in [0.2, 0.25) is 0 Å². The lowest BCUT2D eigenvalue weighted by atomic mass is 9.90. The highest BCUT2D eigenvalue weighted by atomic mass is 16.7. The molecule has 0 saturated heterocycles. The maximum atomic E-state index is 13.0. The molecular formula is C25H30N8O4. The standard InChI is InChI=1S/C25H30N8O4/c1-30(2)25(31(3)4)26-24(34)16-8-7-9-17(12-16)33-23(27-28-29-33)20-19-15(10-11-32(20)5)13-18-21(22(19)35-6)37-14-36-18/h7-9,12-13,20H,10-11,14H2,1-6H3. The molecule has 1 aromatic heterocycles. The zero-order valence-electron chi connectivity index (χ0n) is 21.8. The molecule has 12 heteroatoms. The topological polar surface area (TPSA) is 110 Å². The second-order valence-electron chi connectivity index (χ2n) is 9.35. The highest BCUT2D eigenvalue weighted by molar-refractivity contribution is 6.02. The average Bonchev–Trinajstić information content (AvgIpc) is 3.55. The van der Waals surface area contributed by atoms with Crippen molar-refractivity contribution in [1.29, 1.82) is 0 Å². The summed E-state index contributed by atoms with van der Waals surface area (Å²) in [5.74, 6) is 2.67. The monoisotopic (exact) mass is 506 g/mol. The molecule has 3 aromatic rings. The molecule has 2 aliphatic rings. The second kappa shape index (κ2) is 9.69.